The SMILES string of the molecule is Cc1cc(C#N)cc(NCc2ccccc2C(F)(F)F)n1. The molecule has 0 radical (unpaired) electrons. The third-order valence-electron chi connectivity index (χ3n) is 2.87. The molecule has 0 aliphatic heterocycles. The third kappa shape index (κ3) is 3.72. The van der Waals surface area contributed by atoms with Crippen molar-refractivity contribution < 1.29 is 13.2 Å². The summed E-state index contributed by atoms with van der Waals surface area (Å²) < 4.78 is 38.6. The van der Waals surface area contributed by atoms with Gasteiger partial charge < -0.3 is 5.32 Å². The molecule has 0 bridgehead atoms. The second kappa shape index (κ2) is 5.83. The zero-order valence-electron chi connectivity index (χ0n) is 11.2. The summed E-state index contributed by atoms with van der Waals surface area (Å²) in [4.78, 5) is 4.15. The smallest absolute Gasteiger partial charge is 0.366 e. The maximum atomic E-state index is 12.9. The molecular weight excluding hydrogens is 279 g/mol. The van der Waals surface area contributed by atoms with Crippen LogP contribution in [-0.2, 0) is 12.7 Å². The van der Waals surface area contributed by atoms with Gasteiger partial charge in [0.2, 0.25) is 0 Å². The van der Waals surface area contributed by atoms with E-state index in [0.717, 1.165) is 6.07 Å². The Morgan fingerprint density at radius 1 is 1.24 bits per heavy atom. The largest absolute Gasteiger partial charge is 0.416 e. The number of aromatic nitrogens is 1. The van der Waals surface area contributed by atoms with Crippen molar-refractivity contribution in [2.45, 2.75) is 19.6 Å². The van der Waals surface area contributed by atoms with E-state index in [4.69, 9.17) is 5.26 Å². The summed E-state index contributed by atoms with van der Waals surface area (Å²) in [7, 11) is 0. The molecule has 0 amide bonds. The van der Waals surface area contributed by atoms with Crippen LogP contribution in [-0.4, -0.2) is 4.98 Å². The van der Waals surface area contributed by atoms with Gasteiger partial charge in [-0.05, 0) is 30.7 Å². The first-order valence-corrected chi connectivity index (χ1v) is 6.18. The van der Waals surface area contributed by atoms with E-state index in [1.165, 1.54) is 18.2 Å². The standard InChI is InChI=1S/C15H12F3N3/c1-10-6-11(8-19)7-14(21-10)20-9-12-4-2-3-5-13(12)15(16,17)18/h2-7H,9H2,1H3,(H,20,21). The number of pyridine rings is 1. The maximum absolute atomic E-state index is 12.9. The fraction of sp³-hybridized carbons (Fsp3) is 0.200. The van der Waals surface area contributed by atoms with Gasteiger partial charge in [0.05, 0.1) is 17.2 Å². The minimum Gasteiger partial charge on any atom is -0.366 e. The monoisotopic (exact) mass is 291 g/mol. The van der Waals surface area contributed by atoms with Crippen LogP contribution in [0.25, 0.3) is 0 Å². The number of alkyl halides is 3. The molecule has 0 spiro atoms. The zero-order valence-corrected chi connectivity index (χ0v) is 11.2. The minimum atomic E-state index is -4.39. The van der Waals surface area contributed by atoms with Crippen LogP contribution in [0.2, 0.25) is 0 Å². The number of anilines is 1. The number of nitrogens with zero attached hydrogens (tertiary/aromatic N) is 2. The first-order valence-electron chi connectivity index (χ1n) is 6.18. The van der Waals surface area contributed by atoms with E-state index < -0.39 is 11.7 Å². The van der Waals surface area contributed by atoms with Gasteiger partial charge in [0, 0.05) is 12.2 Å². The van der Waals surface area contributed by atoms with Crippen LogP contribution in [0, 0.1) is 18.3 Å². The van der Waals surface area contributed by atoms with Gasteiger partial charge in [0.25, 0.3) is 0 Å². The molecule has 0 atom stereocenters. The van der Waals surface area contributed by atoms with Crippen molar-refractivity contribution >= 4 is 5.82 Å². The van der Waals surface area contributed by atoms with Crippen molar-refractivity contribution in [1.29, 1.82) is 5.26 Å². The Morgan fingerprint density at radius 2 is 1.95 bits per heavy atom. The molecule has 0 saturated heterocycles. The highest BCUT2D eigenvalue weighted by Gasteiger charge is 2.32. The Labute approximate surface area is 120 Å². The molecule has 0 aliphatic rings. The van der Waals surface area contributed by atoms with E-state index >= 15 is 0 Å². The predicted octanol–water partition coefficient (Wildman–Crippen LogP) is 3.89. The Hall–Kier alpha value is -2.55. The van der Waals surface area contributed by atoms with Gasteiger partial charge in [-0.25, -0.2) is 4.98 Å². The number of halogens is 3. The molecule has 0 saturated carbocycles. The molecular formula is C15H12F3N3. The number of nitrogens with one attached hydrogen (secondary N) is 1. The Morgan fingerprint density at radius 3 is 2.62 bits per heavy atom. The van der Waals surface area contributed by atoms with E-state index in [0.29, 0.717) is 17.1 Å². The maximum Gasteiger partial charge on any atom is 0.416 e. The normalized spacial score (nSPS) is 11.0. The molecule has 1 aromatic heterocycles. The van der Waals surface area contributed by atoms with Crippen LogP contribution >= 0.6 is 0 Å². The van der Waals surface area contributed by atoms with Crippen LogP contribution in [0.15, 0.2) is 36.4 Å². The second-order valence-electron chi connectivity index (χ2n) is 4.50. The first-order chi connectivity index (χ1) is 9.90. The average molecular weight is 291 g/mol. The van der Waals surface area contributed by atoms with Crippen molar-refractivity contribution in [3.05, 3.63) is 58.8 Å². The molecule has 3 nitrogen and oxygen atoms in total. The zero-order chi connectivity index (χ0) is 15.5. The number of benzene rings is 1. The first kappa shape index (κ1) is 14.9. The molecule has 0 aliphatic carbocycles. The number of nitriles is 1. The molecule has 1 N–H and O–H groups in total. The number of hydrogen-bond donors (Lipinski definition) is 1. The lowest BCUT2D eigenvalue weighted by molar-refractivity contribution is -0.138. The summed E-state index contributed by atoms with van der Waals surface area (Å²) in [5.74, 6) is 0.378. The lowest BCUT2D eigenvalue weighted by Gasteiger charge is -2.13. The fourth-order valence-electron chi connectivity index (χ4n) is 1.96. The van der Waals surface area contributed by atoms with Crippen molar-refractivity contribution in [2.24, 2.45) is 0 Å². The molecule has 1 heterocycles. The lowest BCUT2D eigenvalue weighted by Crippen LogP contribution is -2.12. The van der Waals surface area contributed by atoms with Gasteiger partial charge in [0.1, 0.15) is 5.82 Å². The number of rotatable bonds is 3. The molecule has 0 unspecified atom stereocenters. The number of hydrogen-bond acceptors (Lipinski definition) is 3. The molecule has 1 aromatic carbocycles. The lowest BCUT2D eigenvalue weighted by atomic mass is 10.1. The van der Waals surface area contributed by atoms with E-state index in [1.807, 2.05) is 6.07 Å². The van der Waals surface area contributed by atoms with E-state index in [2.05, 4.69) is 10.3 Å². The van der Waals surface area contributed by atoms with Crippen molar-refractivity contribution in [3.63, 3.8) is 0 Å². The Kier molecular flexibility index (Phi) is 4.13. The molecule has 6 heteroatoms. The summed E-state index contributed by atoms with van der Waals surface area (Å²) in [6.45, 7) is 1.70. The van der Waals surface area contributed by atoms with Gasteiger partial charge >= 0.3 is 6.18 Å². The molecule has 0 fully saturated rings. The van der Waals surface area contributed by atoms with Crippen molar-refractivity contribution in [3.8, 4) is 6.07 Å². The average Bonchev–Trinajstić information content (AvgIpc) is 2.44. The quantitative estimate of drug-likeness (QED) is 0.933. The van der Waals surface area contributed by atoms with Crippen LogP contribution < -0.4 is 5.32 Å². The van der Waals surface area contributed by atoms with Crippen LogP contribution in [0.4, 0.5) is 19.0 Å². The van der Waals surface area contributed by atoms with E-state index in [-0.39, 0.29) is 12.1 Å². The third-order valence-corrected chi connectivity index (χ3v) is 2.87. The summed E-state index contributed by atoms with van der Waals surface area (Å²) in [6, 6.07) is 10.5. The topological polar surface area (TPSA) is 48.7 Å². The van der Waals surface area contributed by atoms with E-state index in [9.17, 15) is 13.2 Å². The van der Waals surface area contributed by atoms with Crippen LogP contribution in [0.3, 0.4) is 0 Å². The summed E-state index contributed by atoms with van der Waals surface area (Å²) in [6.07, 6.45) is -4.39. The molecule has 2 rings (SSSR count). The molecule has 108 valence electrons. The van der Waals surface area contributed by atoms with Crippen LogP contribution in [0.5, 0.6) is 0 Å². The van der Waals surface area contributed by atoms with Gasteiger partial charge in [-0.1, -0.05) is 18.2 Å². The van der Waals surface area contributed by atoms with Gasteiger partial charge in [0.15, 0.2) is 0 Å². The predicted molar refractivity (Wildman–Crippen MR) is 72.5 cm³/mol. The van der Waals surface area contributed by atoms with Gasteiger partial charge in [-0.15, -0.1) is 0 Å². The minimum absolute atomic E-state index is 0.0169. The Balaban J connectivity index is 2.22. The van der Waals surface area contributed by atoms with Crippen molar-refractivity contribution in [1.82, 2.24) is 4.98 Å². The Bertz CT molecular complexity index is 687. The molecule has 21 heavy (non-hydrogen) atoms. The highest BCUT2D eigenvalue weighted by molar-refractivity contribution is 5.45. The van der Waals surface area contributed by atoms with Gasteiger partial charge in [-0.3, -0.25) is 0 Å². The second-order valence-corrected chi connectivity index (χ2v) is 4.50. The molecule has 2 aromatic rings. The summed E-state index contributed by atoms with van der Waals surface area (Å²) in [5, 5.41) is 11.7. The number of aryl methyl sites for hydroxylation is 1. The van der Waals surface area contributed by atoms with Crippen molar-refractivity contribution in [2.75, 3.05) is 5.32 Å². The van der Waals surface area contributed by atoms with Crippen LogP contribution in [0.1, 0.15) is 22.4 Å². The fourth-order valence-corrected chi connectivity index (χ4v) is 1.96. The van der Waals surface area contributed by atoms with Gasteiger partial charge in [-0.2, -0.15) is 18.4 Å². The highest BCUT2D eigenvalue weighted by atomic mass is 19.4. The van der Waals surface area contributed by atoms with E-state index in [1.54, 1.807) is 19.1 Å². The summed E-state index contributed by atoms with van der Waals surface area (Å²) >= 11 is 0. The summed E-state index contributed by atoms with van der Waals surface area (Å²) in [5.41, 5.74) is 0.493. The highest BCUT2D eigenvalue weighted by Crippen LogP contribution is 2.32.